The molecule has 3 rings (SSSR count). The van der Waals surface area contributed by atoms with Gasteiger partial charge in [0.15, 0.2) is 5.76 Å². The summed E-state index contributed by atoms with van der Waals surface area (Å²) in [5.74, 6) is -0.0650. The van der Waals surface area contributed by atoms with Crippen LogP contribution in [0.15, 0.2) is 41.4 Å². The molecule has 1 atom stereocenters. The molecule has 0 fully saturated rings. The number of aliphatic hydroxyl groups excluding tert-OH is 1. The molecule has 2 amide bonds. The number of hydrogen-bond acceptors (Lipinski definition) is 5. The number of carbonyl (C=O) groups is 2. The maximum atomic E-state index is 12.8. The third-order valence-electron chi connectivity index (χ3n) is 4.66. The van der Waals surface area contributed by atoms with Crippen LogP contribution in [0.2, 0.25) is 0 Å². The van der Waals surface area contributed by atoms with Crippen molar-refractivity contribution in [2.45, 2.75) is 39.2 Å². The van der Waals surface area contributed by atoms with Gasteiger partial charge in [0, 0.05) is 12.1 Å². The number of fused-ring (bicyclic) bond motifs is 1. The number of allylic oxidation sites excluding steroid dienone is 2. The van der Waals surface area contributed by atoms with Crippen molar-refractivity contribution >= 4 is 17.5 Å². The van der Waals surface area contributed by atoms with Crippen molar-refractivity contribution in [1.82, 2.24) is 4.90 Å². The molecule has 132 valence electrons. The van der Waals surface area contributed by atoms with Crippen molar-refractivity contribution in [3.05, 3.63) is 52.5 Å². The number of nitrogen functional groups attached to an aromatic ring is 1. The molecule has 1 aliphatic heterocycles. The summed E-state index contributed by atoms with van der Waals surface area (Å²) < 4.78 is 5.46. The maximum Gasteiger partial charge on any atom is 0.264 e. The van der Waals surface area contributed by atoms with Gasteiger partial charge in [-0.15, -0.1) is 0 Å². The van der Waals surface area contributed by atoms with E-state index in [-0.39, 0.29) is 29.2 Å². The zero-order valence-corrected chi connectivity index (χ0v) is 14.4. The molecule has 0 aromatic heterocycles. The molecule has 0 spiro atoms. The molecule has 1 aliphatic carbocycles. The fraction of sp³-hybridized carbons (Fsp3) is 0.368. The molecule has 0 radical (unpaired) electrons. The second-order valence-electron chi connectivity index (χ2n) is 6.14. The molecule has 1 aromatic rings. The topological polar surface area (TPSA) is 92.9 Å². The molecule has 1 aromatic carbocycles. The van der Waals surface area contributed by atoms with Crippen LogP contribution in [0.3, 0.4) is 0 Å². The Labute approximate surface area is 146 Å². The molecule has 3 N–H and O–H groups in total. The van der Waals surface area contributed by atoms with Crippen LogP contribution in [0.5, 0.6) is 0 Å². The lowest BCUT2D eigenvalue weighted by Crippen LogP contribution is -2.41. The first-order valence-corrected chi connectivity index (χ1v) is 8.51. The minimum absolute atomic E-state index is 0.201. The number of nitrogens with zero attached hydrogens (tertiary/aromatic N) is 1. The Morgan fingerprint density at radius 3 is 2.64 bits per heavy atom. The van der Waals surface area contributed by atoms with E-state index in [1.165, 1.54) is 4.90 Å². The first-order chi connectivity index (χ1) is 12.0. The van der Waals surface area contributed by atoms with E-state index in [9.17, 15) is 14.7 Å². The fourth-order valence-corrected chi connectivity index (χ4v) is 3.48. The molecule has 6 heteroatoms. The van der Waals surface area contributed by atoms with Crippen LogP contribution in [0, 0.1) is 0 Å². The van der Waals surface area contributed by atoms with Gasteiger partial charge in [0.05, 0.1) is 23.8 Å². The SMILES string of the molecule is CCOC1=C(O)CCC(C(CC)N2C(=O)c3cccc(N)c3C2=O)=C1. The largest absolute Gasteiger partial charge is 0.508 e. The number of nitrogens with two attached hydrogens (primary N) is 1. The molecule has 6 nitrogen and oxygen atoms in total. The molecule has 0 saturated carbocycles. The summed E-state index contributed by atoms with van der Waals surface area (Å²) in [6, 6.07) is 4.56. The standard InChI is InChI=1S/C19H22N2O4/c1-3-14(11-8-9-15(22)16(10-11)25-4-2)21-18(23)12-6-5-7-13(20)17(12)19(21)24/h5-7,10,14,22H,3-4,8-9,20H2,1-2H3. The number of benzene rings is 1. The number of anilines is 1. The Hall–Kier alpha value is -2.76. The smallest absolute Gasteiger partial charge is 0.264 e. The minimum Gasteiger partial charge on any atom is -0.508 e. The number of ether oxygens (including phenoxy) is 1. The van der Waals surface area contributed by atoms with Crippen molar-refractivity contribution in [1.29, 1.82) is 0 Å². The highest BCUT2D eigenvalue weighted by Gasteiger charge is 2.42. The lowest BCUT2D eigenvalue weighted by Gasteiger charge is -2.29. The van der Waals surface area contributed by atoms with Gasteiger partial charge in [0.25, 0.3) is 11.8 Å². The Kier molecular flexibility index (Phi) is 4.53. The number of amides is 2. The first-order valence-electron chi connectivity index (χ1n) is 8.51. The van der Waals surface area contributed by atoms with Gasteiger partial charge in [-0.1, -0.05) is 13.0 Å². The maximum absolute atomic E-state index is 12.8. The van der Waals surface area contributed by atoms with Crippen molar-refractivity contribution in [3.63, 3.8) is 0 Å². The molecular weight excluding hydrogens is 320 g/mol. The molecule has 1 heterocycles. The number of imide groups is 1. The monoisotopic (exact) mass is 342 g/mol. The van der Waals surface area contributed by atoms with Crippen LogP contribution in [-0.2, 0) is 4.74 Å². The van der Waals surface area contributed by atoms with Gasteiger partial charge < -0.3 is 15.6 Å². The Balaban J connectivity index is 1.98. The summed E-state index contributed by atoms with van der Waals surface area (Å²) >= 11 is 0. The summed E-state index contributed by atoms with van der Waals surface area (Å²) in [4.78, 5) is 26.9. The molecule has 25 heavy (non-hydrogen) atoms. The highest BCUT2D eigenvalue weighted by molar-refractivity contribution is 6.23. The fourth-order valence-electron chi connectivity index (χ4n) is 3.48. The number of hydrogen-bond donors (Lipinski definition) is 2. The van der Waals surface area contributed by atoms with Gasteiger partial charge in [-0.25, -0.2) is 0 Å². The predicted octanol–water partition coefficient (Wildman–Crippen LogP) is 3.17. The first kappa shape index (κ1) is 17.1. The molecular formula is C19H22N2O4. The molecule has 0 bridgehead atoms. The van der Waals surface area contributed by atoms with Gasteiger partial charge in [0.2, 0.25) is 0 Å². The molecule has 2 aliphatic rings. The average Bonchev–Trinajstić information content (AvgIpc) is 2.85. The van der Waals surface area contributed by atoms with Crippen LogP contribution in [-0.4, -0.2) is 34.5 Å². The average molecular weight is 342 g/mol. The Bertz CT molecular complexity index is 795. The predicted molar refractivity (Wildman–Crippen MR) is 94.0 cm³/mol. The van der Waals surface area contributed by atoms with E-state index < -0.39 is 0 Å². The molecule has 0 saturated heterocycles. The van der Waals surface area contributed by atoms with Crippen molar-refractivity contribution < 1.29 is 19.4 Å². The number of aliphatic hydroxyl groups is 1. The summed E-state index contributed by atoms with van der Waals surface area (Å²) in [6.07, 6.45) is 3.34. The van der Waals surface area contributed by atoms with E-state index >= 15 is 0 Å². The van der Waals surface area contributed by atoms with Crippen LogP contribution in [0.1, 0.15) is 53.8 Å². The van der Waals surface area contributed by atoms with E-state index in [2.05, 4.69) is 0 Å². The van der Waals surface area contributed by atoms with Crippen molar-refractivity contribution in [2.24, 2.45) is 0 Å². The minimum atomic E-state index is -0.379. The quantitative estimate of drug-likeness (QED) is 0.633. The van der Waals surface area contributed by atoms with Gasteiger partial charge in [0.1, 0.15) is 5.76 Å². The van der Waals surface area contributed by atoms with Crippen molar-refractivity contribution in [3.8, 4) is 0 Å². The van der Waals surface area contributed by atoms with E-state index in [1.807, 2.05) is 13.8 Å². The third-order valence-corrected chi connectivity index (χ3v) is 4.66. The highest BCUT2D eigenvalue weighted by Crippen LogP contribution is 2.35. The second kappa shape index (κ2) is 6.63. The normalized spacial score (nSPS) is 18.3. The Morgan fingerprint density at radius 2 is 2.00 bits per heavy atom. The van der Waals surface area contributed by atoms with Gasteiger partial charge in [-0.2, -0.15) is 0 Å². The van der Waals surface area contributed by atoms with Crippen LogP contribution >= 0.6 is 0 Å². The zero-order valence-electron chi connectivity index (χ0n) is 14.4. The molecule has 1 unspecified atom stereocenters. The van der Waals surface area contributed by atoms with Gasteiger partial charge in [-0.3, -0.25) is 14.5 Å². The van der Waals surface area contributed by atoms with E-state index in [4.69, 9.17) is 10.5 Å². The van der Waals surface area contributed by atoms with E-state index in [1.54, 1.807) is 24.3 Å². The summed E-state index contributed by atoms with van der Waals surface area (Å²) in [5, 5.41) is 9.97. The number of rotatable bonds is 5. The van der Waals surface area contributed by atoms with Crippen LogP contribution in [0.25, 0.3) is 0 Å². The van der Waals surface area contributed by atoms with Crippen LogP contribution in [0.4, 0.5) is 5.69 Å². The highest BCUT2D eigenvalue weighted by atomic mass is 16.5. The van der Waals surface area contributed by atoms with E-state index in [0.717, 1.165) is 5.57 Å². The van der Waals surface area contributed by atoms with Crippen LogP contribution < -0.4 is 5.73 Å². The van der Waals surface area contributed by atoms with Gasteiger partial charge >= 0.3 is 0 Å². The second-order valence-corrected chi connectivity index (χ2v) is 6.14. The zero-order chi connectivity index (χ0) is 18.1. The lowest BCUT2D eigenvalue weighted by atomic mass is 9.93. The number of carbonyl (C=O) groups excluding carboxylic acids is 2. The Morgan fingerprint density at radius 1 is 1.24 bits per heavy atom. The van der Waals surface area contributed by atoms with E-state index in [0.29, 0.717) is 42.9 Å². The van der Waals surface area contributed by atoms with Gasteiger partial charge in [-0.05, 0) is 43.5 Å². The summed E-state index contributed by atoms with van der Waals surface area (Å²) in [7, 11) is 0. The lowest BCUT2D eigenvalue weighted by molar-refractivity contribution is 0.0601. The van der Waals surface area contributed by atoms with Crippen molar-refractivity contribution in [2.75, 3.05) is 12.3 Å². The summed E-state index contributed by atoms with van der Waals surface area (Å²) in [6.45, 7) is 4.20. The summed E-state index contributed by atoms with van der Waals surface area (Å²) in [5.41, 5.74) is 7.76. The third kappa shape index (κ3) is 2.77.